The number of fused-ring (bicyclic) bond motifs is 1. The minimum Gasteiger partial charge on any atom is -0.497 e. The first-order valence-corrected chi connectivity index (χ1v) is 11.4. The standard InChI is InChI=1S/C24H19BrN2O3S/c1-28-18-9-7-17(8-10-18)26-24-27(13-16-6-11-22-23(12-16)30-15-29-22)21(14-31-24)19-4-2-3-5-20(19)25/h2-12,14H,13,15H2,1H3. The Bertz CT molecular complexity index is 1290. The molecule has 0 spiro atoms. The molecule has 2 heterocycles. The Kier molecular flexibility index (Phi) is 5.53. The third-order valence-electron chi connectivity index (χ3n) is 5.02. The number of methoxy groups -OCH3 is 1. The van der Waals surface area contributed by atoms with Crippen LogP contribution in [0.5, 0.6) is 17.2 Å². The van der Waals surface area contributed by atoms with E-state index < -0.39 is 0 Å². The summed E-state index contributed by atoms with van der Waals surface area (Å²) >= 11 is 5.31. The molecule has 156 valence electrons. The lowest BCUT2D eigenvalue weighted by molar-refractivity contribution is 0.174. The van der Waals surface area contributed by atoms with E-state index in [2.05, 4.69) is 44.1 Å². The summed E-state index contributed by atoms with van der Waals surface area (Å²) in [6, 6.07) is 22.1. The number of nitrogens with zero attached hydrogens (tertiary/aromatic N) is 2. The topological polar surface area (TPSA) is 45.0 Å². The highest BCUT2D eigenvalue weighted by molar-refractivity contribution is 9.10. The normalized spacial score (nSPS) is 12.9. The number of aromatic nitrogens is 1. The van der Waals surface area contributed by atoms with E-state index in [0.717, 1.165) is 49.0 Å². The van der Waals surface area contributed by atoms with Crippen molar-refractivity contribution in [2.24, 2.45) is 4.99 Å². The second kappa shape index (κ2) is 8.61. The van der Waals surface area contributed by atoms with Crippen LogP contribution in [0, 0.1) is 0 Å². The molecule has 0 saturated carbocycles. The van der Waals surface area contributed by atoms with E-state index in [9.17, 15) is 0 Å². The van der Waals surface area contributed by atoms with E-state index >= 15 is 0 Å². The maximum Gasteiger partial charge on any atom is 0.231 e. The highest BCUT2D eigenvalue weighted by atomic mass is 79.9. The summed E-state index contributed by atoms with van der Waals surface area (Å²) in [6.45, 7) is 0.927. The van der Waals surface area contributed by atoms with Gasteiger partial charge in [0.15, 0.2) is 16.3 Å². The monoisotopic (exact) mass is 494 g/mol. The molecule has 0 radical (unpaired) electrons. The Labute approximate surface area is 192 Å². The molecule has 0 N–H and O–H groups in total. The van der Waals surface area contributed by atoms with E-state index in [1.165, 1.54) is 0 Å². The van der Waals surface area contributed by atoms with Crippen molar-refractivity contribution < 1.29 is 14.2 Å². The lowest BCUT2D eigenvalue weighted by Gasteiger charge is -2.11. The fraction of sp³-hybridized carbons (Fsp3) is 0.125. The first-order valence-electron chi connectivity index (χ1n) is 9.72. The fourth-order valence-corrected chi connectivity index (χ4v) is 4.85. The van der Waals surface area contributed by atoms with Crippen LogP contribution in [0.4, 0.5) is 5.69 Å². The van der Waals surface area contributed by atoms with Gasteiger partial charge >= 0.3 is 0 Å². The third kappa shape index (κ3) is 4.11. The molecule has 31 heavy (non-hydrogen) atoms. The number of hydrogen-bond donors (Lipinski definition) is 0. The van der Waals surface area contributed by atoms with Gasteiger partial charge in [-0.1, -0.05) is 40.2 Å². The van der Waals surface area contributed by atoms with Gasteiger partial charge in [-0.3, -0.25) is 0 Å². The maximum atomic E-state index is 5.57. The SMILES string of the molecule is COc1ccc(N=c2scc(-c3ccccc3Br)n2Cc2ccc3c(c2)OCO3)cc1. The van der Waals surface area contributed by atoms with E-state index in [1.807, 2.05) is 48.5 Å². The molecule has 0 unspecified atom stereocenters. The Morgan fingerprint density at radius 1 is 1.03 bits per heavy atom. The minimum absolute atomic E-state index is 0.268. The van der Waals surface area contributed by atoms with Crippen molar-refractivity contribution in [2.75, 3.05) is 13.9 Å². The van der Waals surface area contributed by atoms with Gasteiger partial charge < -0.3 is 18.8 Å². The summed E-state index contributed by atoms with van der Waals surface area (Å²) < 4.78 is 19.6. The Morgan fingerprint density at radius 2 is 1.84 bits per heavy atom. The van der Waals surface area contributed by atoms with E-state index in [1.54, 1.807) is 18.4 Å². The molecule has 0 fully saturated rings. The van der Waals surface area contributed by atoms with Crippen molar-refractivity contribution in [3.63, 3.8) is 0 Å². The number of rotatable bonds is 5. The number of thiazole rings is 1. The van der Waals surface area contributed by atoms with Crippen LogP contribution in [-0.2, 0) is 6.54 Å². The Morgan fingerprint density at radius 3 is 2.65 bits per heavy atom. The zero-order valence-electron chi connectivity index (χ0n) is 16.7. The zero-order valence-corrected chi connectivity index (χ0v) is 19.2. The van der Waals surface area contributed by atoms with Crippen LogP contribution in [0.2, 0.25) is 0 Å². The molecule has 1 aromatic heterocycles. The van der Waals surface area contributed by atoms with Gasteiger partial charge in [0, 0.05) is 15.4 Å². The molecule has 0 amide bonds. The molecule has 0 saturated heterocycles. The van der Waals surface area contributed by atoms with Crippen LogP contribution < -0.4 is 19.0 Å². The van der Waals surface area contributed by atoms with Crippen molar-refractivity contribution in [2.45, 2.75) is 6.54 Å². The number of hydrogen-bond acceptors (Lipinski definition) is 5. The quantitative estimate of drug-likeness (QED) is 0.341. The summed E-state index contributed by atoms with van der Waals surface area (Å²) in [5, 5.41) is 2.15. The zero-order chi connectivity index (χ0) is 21.2. The van der Waals surface area contributed by atoms with E-state index in [0.29, 0.717) is 6.54 Å². The van der Waals surface area contributed by atoms with Gasteiger partial charge in [0.1, 0.15) is 5.75 Å². The van der Waals surface area contributed by atoms with Crippen LogP contribution in [-0.4, -0.2) is 18.5 Å². The van der Waals surface area contributed by atoms with Crippen molar-refractivity contribution >= 4 is 33.0 Å². The number of halogens is 1. The van der Waals surface area contributed by atoms with Crippen molar-refractivity contribution in [3.05, 3.63) is 86.9 Å². The highest BCUT2D eigenvalue weighted by Gasteiger charge is 2.16. The minimum atomic E-state index is 0.268. The lowest BCUT2D eigenvalue weighted by Crippen LogP contribution is -2.16. The second-order valence-corrected chi connectivity index (χ2v) is 8.66. The van der Waals surface area contributed by atoms with Crippen LogP contribution in [0.1, 0.15) is 5.56 Å². The molecule has 7 heteroatoms. The molecule has 1 aliphatic rings. The van der Waals surface area contributed by atoms with Crippen LogP contribution >= 0.6 is 27.3 Å². The van der Waals surface area contributed by atoms with Gasteiger partial charge in [-0.25, -0.2) is 4.99 Å². The van der Waals surface area contributed by atoms with Crippen LogP contribution in [0.3, 0.4) is 0 Å². The van der Waals surface area contributed by atoms with Gasteiger partial charge in [0.05, 0.1) is 25.0 Å². The molecular formula is C24H19BrN2O3S. The summed E-state index contributed by atoms with van der Waals surface area (Å²) in [7, 11) is 1.66. The van der Waals surface area contributed by atoms with Gasteiger partial charge in [0.25, 0.3) is 0 Å². The Hall–Kier alpha value is -3.03. The molecule has 0 atom stereocenters. The number of benzene rings is 3. The summed E-state index contributed by atoms with van der Waals surface area (Å²) in [5.41, 5.74) is 4.21. The Balaban J connectivity index is 1.61. The smallest absolute Gasteiger partial charge is 0.231 e. The van der Waals surface area contributed by atoms with Crippen LogP contribution in [0.15, 0.2) is 81.6 Å². The lowest BCUT2D eigenvalue weighted by atomic mass is 10.1. The van der Waals surface area contributed by atoms with Crippen molar-refractivity contribution in [1.82, 2.24) is 4.57 Å². The molecular weight excluding hydrogens is 476 g/mol. The number of ether oxygens (including phenoxy) is 3. The molecule has 0 aliphatic carbocycles. The van der Waals surface area contributed by atoms with Crippen LogP contribution in [0.25, 0.3) is 11.3 Å². The predicted molar refractivity (Wildman–Crippen MR) is 125 cm³/mol. The molecule has 1 aliphatic heterocycles. The van der Waals surface area contributed by atoms with Gasteiger partial charge in [-0.2, -0.15) is 0 Å². The second-order valence-electron chi connectivity index (χ2n) is 6.97. The molecule has 5 rings (SSSR count). The van der Waals surface area contributed by atoms with Crippen molar-refractivity contribution in [3.8, 4) is 28.5 Å². The fourth-order valence-electron chi connectivity index (χ4n) is 3.45. The largest absolute Gasteiger partial charge is 0.497 e. The molecule has 5 nitrogen and oxygen atoms in total. The van der Waals surface area contributed by atoms with E-state index in [-0.39, 0.29) is 6.79 Å². The van der Waals surface area contributed by atoms with Gasteiger partial charge in [-0.05, 0) is 48.0 Å². The summed E-state index contributed by atoms with van der Waals surface area (Å²) in [6.07, 6.45) is 0. The predicted octanol–water partition coefficient (Wildman–Crippen LogP) is 6.00. The summed E-state index contributed by atoms with van der Waals surface area (Å²) in [5.74, 6) is 2.38. The average Bonchev–Trinajstić information content (AvgIpc) is 3.42. The third-order valence-corrected chi connectivity index (χ3v) is 6.58. The summed E-state index contributed by atoms with van der Waals surface area (Å²) in [4.78, 5) is 5.83. The maximum absolute atomic E-state index is 5.57. The molecule has 4 aromatic rings. The highest BCUT2D eigenvalue weighted by Crippen LogP contribution is 2.34. The average molecular weight is 495 g/mol. The first kappa shape index (κ1) is 19.9. The van der Waals surface area contributed by atoms with E-state index in [4.69, 9.17) is 19.2 Å². The van der Waals surface area contributed by atoms with Crippen molar-refractivity contribution in [1.29, 1.82) is 0 Å². The van der Waals surface area contributed by atoms with Gasteiger partial charge in [-0.15, -0.1) is 11.3 Å². The molecule has 3 aromatic carbocycles. The van der Waals surface area contributed by atoms with Gasteiger partial charge in [0.2, 0.25) is 6.79 Å². The molecule has 0 bridgehead atoms. The first-order chi connectivity index (χ1) is 15.2.